The number of likely N-dealkylation sites (N-methyl/N-ethyl adjacent to an activating group) is 1. The first-order valence-electron chi connectivity index (χ1n) is 7.26. The van der Waals surface area contributed by atoms with Crippen LogP contribution in [-0.2, 0) is 4.74 Å². The summed E-state index contributed by atoms with van der Waals surface area (Å²) < 4.78 is 5.49. The molecule has 0 aliphatic carbocycles. The van der Waals surface area contributed by atoms with Gasteiger partial charge in [-0.05, 0) is 25.1 Å². The molecule has 21 heavy (non-hydrogen) atoms. The highest BCUT2D eigenvalue weighted by Crippen LogP contribution is 2.21. The van der Waals surface area contributed by atoms with Gasteiger partial charge in [0.15, 0.2) is 0 Å². The van der Waals surface area contributed by atoms with Crippen molar-refractivity contribution in [2.75, 3.05) is 39.8 Å². The average Bonchev–Trinajstić information content (AvgIpc) is 2.41. The molecule has 1 atom stereocenters. The van der Waals surface area contributed by atoms with Gasteiger partial charge in [-0.15, -0.1) is 0 Å². The Balaban J connectivity index is 1.87. The maximum atomic E-state index is 12.1. The Hall–Kier alpha value is -0.810. The van der Waals surface area contributed by atoms with E-state index in [-0.39, 0.29) is 12.1 Å². The van der Waals surface area contributed by atoms with Crippen LogP contribution in [0, 0.1) is 0 Å². The summed E-state index contributed by atoms with van der Waals surface area (Å²) in [5.74, 6) is -0.386. The fourth-order valence-electron chi connectivity index (χ4n) is 2.58. The smallest absolute Gasteiger partial charge is 0.340 e. The molecule has 1 aliphatic heterocycles. The number of hydrogen-bond acceptors (Lipinski definition) is 2. The largest absolute Gasteiger partial charge is 0.453 e. The Bertz CT molecular complexity index is 502. The Kier molecular flexibility index (Phi) is 5.88. The van der Waals surface area contributed by atoms with Crippen molar-refractivity contribution in [2.45, 2.75) is 13.0 Å². The zero-order valence-corrected chi connectivity index (χ0v) is 13.9. The second-order valence-corrected chi connectivity index (χ2v) is 6.59. The van der Waals surface area contributed by atoms with Crippen molar-refractivity contribution in [3.63, 3.8) is 0 Å². The van der Waals surface area contributed by atoms with Crippen molar-refractivity contribution in [3.8, 4) is 0 Å². The molecule has 0 saturated carbocycles. The number of carbonyl (C=O) groups excluding carboxylic acids is 1. The predicted molar refractivity (Wildman–Crippen MR) is 83.5 cm³/mol. The zero-order valence-electron chi connectivity index (χ0n) is 12.4. The maximum Gasteiger partial charge on any atom is 0.340 e. The minimum Gasteiger partial charge on any atom is -0.453 e. The molecule has 1 fully saturated rings. The molecule has 6 heteroatoms. The van der Waals surface area contributed by atoms with Gasteiger partial charge in [-0.3, -0.25) is 0 Å². The fourth-order valence-corrected chi connectivity index (χ4v) is 3.07. The second kappa shape index (κ2) is 7.45. The molecule has 4 nitrogen and oxygen atoms in total. The van der Waals surface area contributed by atoms with Crippen molar-refractivity contribution in [1.29, 1.82) is 0 Å². The van der Waals surface area contributed by atoms with Gasteiger partial charge in [0.25, 0.3) is 0 Å². The maximum absolute atomic E-state index is 12.1. The van der Waals surface area contributed by atoms with Crippen LogP contribution >= 0.6 is 23.2 Å². The molecule has 0 bridgehead atoms. The summed E-state index contributed by atoms with van der Waals surface area (Å²) in [6.45, 7) is 7.34. The van der Waals surface area contributed by atoms with Gasteiger partial charge < -0.3 is 14.5 Å². The van der Waals surface area contributed by atoms with Gasteiger partial charge in [0.05, 0.1) is 17.6 Å². The molecule has 0 radical (unpaired) electrons. The molecule has 2 N–H and O–H groups in total. The lowest BCUT2D eigenvalue weighted by Gasteiger charge is -2.28. The molecular formula is C15H22Cl2N2O2+2. The van der Waals surface area contributed by atoms with Crippen LogP contribution in [0.1, 0.15) is 17.3 Å². The van der Waals surface area contributed by atoms with E-state index in [0.29, 0.717) is 15.6 Å². The SMILES string of the molecule is C[C@H](C[NH+]1CC[NH+](C)CC1)OC(=O)c1ccc(Cl)cc1Cl. The number of benzene rings is 1. The Morgan fingerprint density at radius 3 is 2.57 bits per heavy atom. The van der Waals surface area contributed by atoms with Crippen LogP contribution in [0.2, 0.25) is 10.0 Å². The van der Waals surface area contributed by atoms with E-state index in [1.807, 2.05) is 6.92 Å². The molecule has 1 aromatic carbocycles. The number of halogens is 2. The number of esters is 1. The molecule has 2 rings (SSSR count). The second-order valence-electron chi connectivity index (χ2n) is 5.75. The standard InChI is InChI=1S/C15H20Cl2N2O2/c1-11(10-19-7-5-18(2)6-8-19)21-15(20)13-4-3-12(16)9-14(13)17/h3-4,9,11H,5-8,10H2,1-2H3/p+2/t11-/m1/s1. The van der Waals surface area contributed by atoms with Gasteiger partial charge in [-0.2, -0.15) is 0 Å². The molecule has 116 valence electrons. The third-order valence-corrected chi connectivity index (χ3v) is 4.39. The molecule has 0 aromatic heterocycles. The highest BCUT2D eigenvalue weighted by atomic mass is 35.5. The number of piperazine rings is 1. The Morgan fingerprint density at radius 2 is 1.95 bits per heavy atom. The van der Waals surface area contributed by atoms with E-state index >= 15 is 0 Å². The Labute approximate surface area is 135 Å². The summed E-state index contributed by atoms with van der Waals surface area (Å²) in [4.78, 5) is 15.2. The first kappa shape index (κ1) is 16.6. The molecule has 0 amide bonds. The van der Waals surface area contributed by atoms with Crippen LogP contribution in [0.5, 0.6) is 0 Å². The zero-order chi connectivity index (χ0) is 15.4. The summed E-state index contributed by atoms with van der Waals surface area (Å²) in [6.07, 6.45) is -0.127. The number of rotatable bonds is 4. The molecule has 1 aliphatic rings. The highest BCUT2D eigenvalue weighted by Gasteiger charge is 2.24. The van der Waals surface area contributed by atoms with E-state index in [1.54, 1.807) is 23.1 Å². The van der Waals surface area contributed by atoms with Crippen LogP contribution in [0.15, 0.2) is 18.2 Å². The number of quaternary nitrogens is 2. The summed E-state index contributed by atoms with van der Waals surface area (Å²) in [5, 5.41) is 0.837. The van der Waals surface area contributed by atoms with Crippen LogP contribution in [-0.4, -0.2) is 51.8 Å². The van der Waals surface area contributed by atoms with Gasteiger partial charge in [0, 0.05) is 5.02 Å². The molecular weight excluding hydrogens is 311 g/mol. The Morgan fingerprint density at radius 1 is 1.29 bits per heavy atom. The van der Waals surface area contributed by atoms with Crippen molar-refractivity contribution in [1.82, 2.24) is 0 Å². The monoisotopic (exact) mass is 332 g/mol. The number of carbonyl (C=O) groups is 1. The third kappa shape index (κ3) is 4.85. The summed E-state index contributed by atoms with van der Waals surface area (Å²) in [5.41, 5.74) is 0.366. The third-order valence-electron chi connectivity index (χ3n) is 3.85. The van der Waals surface area contributed by atoms with Gasteiger partial charge >= 0.3 is 5.97 Å². The van der Waals surface area contributed by atoms with Crippen molar-refractivity contribution >= 4 is 29.2 Å². The lowest BCUT2D eigenvalue weighted by Crippen LogP contribution is -3.27. The minimum atomic E-state index is -0.386. The van der Waals surface area contributed by atoms with Crippen LogP contribution < -0.4 is 9.80 Å². The normalized spacial score (nSPS) is 23.6. The molecule has 0 unspecified atom stereocenters. The number of nitrogens with one attached hydrogen (secondary N) is 2. The van der Waals surface area contributed by atoms with Gasteiger partial charge in [-0.25, -0.2) is 4.79 Å². The van der Waals surface area contributed by atoms with E-state index in [4.69, 9.17) is 27.9 Å². The quantitative estimate of drug-likeness (QED) is 0.758. The molecule has 1 heterocycles. The van der Waals surface area contributed by atoms with Crippen LogP contribution in [0.25, 0.3) is 0 Å². The van der Waals surface area contributed by atoms with Crippen molar-refractivity contribution in [2.24, 2.45) is 0 Å². The lowest BCUT2D eigenvalue weighted by atomic mass is 10.2. The first-order chi connectivity index (χ1) is 9.95. The van der Waals surface area contributed by atoms with E-state index in [0.717, 1.165) is 19.6 Å². The molecule has 0 spiro atoms. The fraction of sp³-hybridized carbons (Fsp3) is 0.533. The van der Waals surface area contributed by atoms with E-state index in [9.17, 15) is 4.79 Å². The van der Waals surface area contributed by atoms with Crippen LogP contribution in [0.3, 0.4) is 0 Å². The molecule has 1 aromatic rings. The van der Waals surface area contributed by atoms with E-state index in [1.165, 1.54) is 18.0 Å². The highest BCUT2D eigenvalue weighted by molar-refractivity contribution is 6.36. The predicted octanol–water partition coefficient (Wildman–Crippen LogP) is -0.0481. The van der Waals surface area contributed by atoms with Crippen molar-refractivity contribution in [3.05, 3.63) is 33.8 Å². The summed E-state index contributed by atoms with van der Waals surface area (Å²) in [7, 11) is 2.21. The average molecular weight is 333 g/mol. The number of hydrogen-bond donors (Lipinski definition) is 2. The first-order valence-corrected chi connectivity index (χ1v) is 8.02. The van der Waals surface area contributed by atoms with E-state index < -0.39 is 0 Å². The van der Waals surface area contributed by atoms with Gasteiger partial charge in [0.2, 0.25) is 0 Å². The van der Waals surface area contributed by atoms with Crippen LogP contribution in [0.4, 0.5) is 0 Å². The van der Waals surface area contributed by atoms with Gasteiger partial charge in [-0.1, -0.05) is 23.2 Å². The lowest BCUT2D eigenvalue weighted by molar-refractivity contribution is -1.00. The summed E-state index contributed by atoms with van der Waals surface area (Å²) >= 11 is 11.8. The van der Waals surface area contributed by atoms with E-state index in [2.05, 4.69) is 7.05 Å². The minimum absolute atomic E-state index is 0.127. The number of ether oxygens (including phenoxy) is 1. The van der Waals surface area contributed by atoms with Gasteiger partial charge in [0.1, 0.15) is 38.8 Å². The topological polar surface area (TPSA) is 35.2 Å². The molecule has 1 saturated heterocycles. The van der Waals surface area contributed by atoms with Crippen molar-refractivity contribution < 1.29 is 19.3 Å². The summed E-state index contributed by atoms with van der Waals surface area (Å²) in [6, 6.07) is 4.80.